The van der Waals surface area contributed by atoms with E-state index in [1.54, 1.807) is 0 Å². The molecule has 0 radical (unpaired) electrons. The zero-order valence-electron chi connectivity index (χ0n) is 9.60. The topological polar surface area (TPSA) is 76.0 Å². The van der Waals surface area contributed by atoms with Crippen molar-refractivity contribution in [3.8, 4) is 0 Å². The molecule has 5 nitrogen and oxygen atoms in total. The fourth-order valence-electron chi connectivity index (χ4n) is 2.53. The minimum Gasteiger partial charge on any atom is -0.457 e. The number of benzene rings is 1. The molecule has 5 atom stereocenters. The van der Waals surface area contributed by atoms with Crippen LogP contribution >= 0.6 is 0 Å². The molecule has 2 aliphatic heterocycles. The maximum absolute atomic E-state index is 11.3. The number of esters is 1. The SMILES string of the molecule is O=C1C[C@@H]2O[C@@H](c3ccccc3)[C@H](O)[C@H](O1)[C@H]2O. The van der Waals surface area contributed by atoms with Crippen LogP contribution in [0.15, 0.2) is 30.3 Å². The Balaban J connectivity index is 1.89. The van der Waals surface area contributed by atoms with Gasteiger partial charge in [0.1, 0.15) is 18.3 Å². The highest BCUT2D eigenvalue weighted by Gasteiger charge is 2.50. The van der Waals surface area contributed by atoms with Gasteiger partial charge in [-0.05, 0) is 5.56 Å². The van der Waals surface area contributed by atoms with E-state index in [2.05, 4.69) is 0 Å². The van der Waals surface area contributed by atoms with Gasteiger partial charge in [0, 0.05) is 0 Å². The monoisotopic (exact) mass is 250 g/mol. The predicted molar refractivity (Wildman–Crippen MR) is 60.6 cm³/mol. The molecule has 0 spiro atoms. The molecule has 0 aromatic heterocycles. The first-order valence-electron chi connectivity index (χ1n) is 5.93. The van der Waals surface area contributed by atoms with Crippen molar-refractivity contribution in [3.05, 3.63) is 35.9 Å². The van der Waals surface area contributed by atoms with E-state index in [1.165, 1.54) is 0 Å². The number of carbonyl (C=O) groups is 1. The minimum absolute atomic E-state index is 0.0215. The first-order valence-corrected chi connectivity index (χ1v) is 5.93. The lowest BCUT2D eigenvalue weighted by atomic mass is 9.88. The van der Waals surface area contributed by atoms with Crippen LogP contribution in [0, 0.1) is 0 Å². The summed E-state index contributed by atoms with van der Waals surface area (Å²) in [4.78, 5) is 11.3. The molecular formula is C13H14O5. The quantitative estimate of drug-likeness (QED) is 0.695. The van der Waals surface area contributed by atoms with E-state index < -0.39 is 36.5 Å². The molecule has 3 rings (SSSR count). The fraction of sp³-hybridized carbons (Fsp3) is 0.462. The fourth-order valence-corrected chi connectivity index (χ4v) is 2.53. The van der Waals surface area contributed by atoms with Crippen LogP contribution in [0.2, 0.25) is 0 Å². The van der Waals surface area contributed by atoms with E-state index in [0.29, 0.717) is 0 Å². The Bertz CT molecular complexity index is 446. The highest BCUT2D eigenvalue weighted by Crippen LogP contribution is 2.37. The normalized spacial score (nSPS) is 39.2. The largest absolute Gasteiger partial charge is 0.457 e. The number of hydrogen-bond acceptors (Lipinski definition) is 5. The summed E-state index contributed by atoms with van der Waals surface area (Å²) in [5.74, 6) is -0.444. The summed E-state index contributed by atoms with van der Waals surface area (Å²) in [5.41, 5.74) is 0.810. The molecule has 1 aromatic rings. The van der Waals surface area contributed by atoms with Gasteiger partial charge in [0.15, 0.2) is 6.10 Å². The Morgan fingerprint density at radius 3 is 2.56 bits per heavy atom. The van der Waals surface area contributed by atoms with Crippen molar-refractivity contribution in [2.24, 2.45) is 0 Å². The van der Waals surface area contributed by atoms with Crippen molar-refractivity contribution in [2.75, 3.05) is 0 Å². The lowest BCUT2D eigenvalue weighted by Crippen LogP contribution is -2.59. The van der Waals surface area contributed by atoms with Gasteiger partial charge in [-0.1, -0.05) is 30.3 Å². The lowest BCUT2D eigenvalue weighted by Gasteiger charge is -2.45. The van der Waals surface area contributed by atoms with Crippen molar-refractivity contribution in [1.29, 1.82) is 0 Å². The molecule has 0 aliphatic carbocycles. The average Bonchev–Trinajstić information content (AvgIpc) is 2.37. The second-order valence-corrected chi connectivity index (χ2v) is 4.65. The van der Waals surface area contributed by atoms with E-state index in [-0.39, 0.29) is 6.42 Å². The Kier molecular flexibility index (Phi) is 2.81. The molecule has 0 saturated carbocycles. The second-order valence-electron chi connectivity index (χ2n) is 4.65. The molecule has 1 aromatic carbocycles. The van der Waals surface area contributed by atoms with E-state index in [9.17, 15) is 15.0 Å². The van der Waals surface area contributed by atoms with Crippen LogP contribution in [-0.4, -0.2) is 40.6 Å². The summed E-state index contributed by atoms with van der Waals surface area (Å²) in [6, 6.07) is 9.23. The summed E-state index contributed by atoms with van der Waals surface area (Å²) in [7, 11) is 0. The molecule has 18 heavy (non-hydrogen) atoms. The van der Waals surface area contributed by atoms with Gasteiger partial charge in [0.05, 0.1) is 12.5 Å². The first kappa shape index (κ1) is 11.6. The molecule has 96 valence electrons. The third-order valence-electron chi connectivity index (χ3n) is 3.45. The van der Waals surface area contributed by atoms with Crippen LogP contribution < -0.4 is 0 Å². The van der Waals surface area contributed by atoms with Crippen LogP contribution in [0.5, 0.6) is 0 Å². The molecular weight excluding hydrogens is 236 g/mol. The third kappa shape index (κ3) is 1.80. The van der Waals surface area contributed by atoms with Gasteiger partial charge >= 0.3 is 5.97 Å². The zero-order valence-corrected chi connectivity index (χ0v) is 9.60. The molecule has 2 fully saturated rings. The molecule has 2 bridgehead atoms. The standard InChI is InChI=1S/C13H14O5/c14-9-6-8-10(15)13(18-9)11(16)12(17-8)7-4-2-1-3-5-7/h1-5,8,10-13,15-16H,6H2/t8-,10-,11-,12-,13+/m0/s1. The van der Waals surface area contributed by atoms with Gasteiger partial charge in [0.2, 0.25) is 0 Å². The van der Waals surface area contributed by atoms with E-state index in [0.717, 1.165) is 5.56 Å². The van der Waals surface area contributed by atoms with Crippen LogP contribution in [0.1, 0.15) is 18.1 Å². The highest BCUT2D eigenvalue weighted by atomic mass is 16.6. The molecule has 0 unspecified atom stereocenters. The summed E-state index contributed by atoms with van der Waals surface area (Å²) >= 11 is 0. The molecule has 0 amide bonds. The second kappa shape index (κ2) is 4.35. The van der Waals surface area contributed by atoms with Crippen molar-refractivity contribution in [3.63, 3.8) is 0 Å². The summed E-state index contributed by atoms with van der Waals surface area (Å²) < 4.78 is 10.7. The van der Waals surface area contributed by atoms with Crippen molar-refractivity contribution < 1.29 is 24.5 Å². The number of fused-ring (bicyclic) bond motifs is 2. The summed E-state index contributed by atoms with van der Waals surface area (Å²) in [6.07, 6.45) is -4.08. The number of aliphatic hydroxyl groups excluding tert-OH is 2. The van der Waals surface area contributed by atoms with Gasteiger partial charge in [-0.15, -0.1) is 0 Å². The van der Waals surface area contributed by atoms with E-state index in [1.807, 2.05) is 30.3 Å². The average molecular weight is 250 g/mol. The Labute approximate surface area is 104 Å². The Morgan fingerprint density at radius 1 is 1.11 bits per heavy atom. The molecule has 5 heteroatoms. The number of rotatable bonds is 1. The molecule has 2 saturated heterocycles. The number of ether oxygens (including phenoxy) is 2. The number of carbonyl (C=O) groups excluding carboxylic acids is 1. The lowest BCUT2D eigenvalue weighted by molar-refractivity contribution is -0.257. The smallest absolute Gasteiger partial charge is 0.308 e. The predicted octanol–water partition coefficient (Wildman–Crippen LogP) is 0.164. The third-order valence-corrected chi connectivity index (χ3v) is 3.45. The number of aliphatic hydroxyl groups is 2. The van der Waals surface area contributed by atoms with E-state index in [4.69, 9.17) is 9.47 Å². The van der Waals surface area contributed by atoms with Crippen LogP contribution in [0.25, 0.3) is 0 Å². The zero-order chi connectivity index (χ0) is 12.7. The van der Waals surface area contributed by atoms with Gasteiger partial charge < -0.3 is 19.7 Å². The molecule has 2 heterocycles. The van der Waals surface area contributed by atoms with Crippen LogP contribution in [0.3, 0.4) is 0 Å². The summed E-state index contributed by atoms with van der Waals surface area (Å²) in [5, 5.41) is 20.0. The Morgan fingerprint density at radius 2 is 1.83 bits per heavy atom. The Hall–Kier alpha value is -1.43. The van der Waals surface area contributed by atoms with Crippen molar-refractivity contribution in [1.82, 2.24) is 0 Å². The first-order chi connectivity index (χ1) is 8.66. The van der Waals surface area contributed by atoms with Gasteiger partial charge in [-0.2, -0.15) is 0 Å². The van der Waals surface area contributed by atoms with Crippen LogP contribution in [-0.2, 0) is 14.3 Å². The molecule has 2 aliphatic rings. The van der Waals surface area contributed by atoms with Crippen molar-refractivity contribution >= 4 is 5.97 Å². The van der Waals surface area contributed by atoms with E-state index >= 15 is 0 Å². The van der Waals surface area contributed by atoms with Gasteiger partial charge in [0.25, 0.3) is 0 Å². The van der Waals surface area contributed by atoms with Crippen molar-refractivity contribution in [2.45, 2.75) is 36.9 Å². The maximum atomic E-state index is 11.3. The molecule has 2 N–H and O–H groups in total. The minimum atomic E-state index is -1.05. The summed E-state index contributed by atoms with van der Waals surface area (Å²) in [6.45, 7) is 0. The highest BCUT2D eigenvalue weighted by molar-refractivity contribution is 5.71. The maximum Gasteiger partial charge on any atom is 0.308 e. The van der Waals surface area contributed by atoms with Crippen LogP contribution in [0.4, 0.5) is 0 Å². The number of hydrogen-bond donors (Lipinski definition) is 2. The van der Waals surface area contributed by atoms with Gasteiger partial charge in [-0.3, -0.25) is 4.79 Å². The van der Waals surface area contributed by atoms with Gasteiger partial charge in [-0.25, -0.2) is 0 Å².